The molecule has 0 spiro atoms. The van der Waals surface area contributed by atoms with Gasteiger partial charge in [0.15, 0.2) is 0 Å². The summed E-state index contributed by atoms with van der Waals surface area (Å²) in [5.74, 6) is -0.710. The van der Waals surface area contributed by atoms with E-state index in [2.05, 4.69) is 5.32 Å². The summed E-state index contributed by atoms with van der Waals surface area (Å²) in [5, 5.41) is 14.1. The number of benzene rings is 2. The zero-order valence-corrected chi connectivity index (χ0v) is 16.3. The van der Waals surface area contributed by atoms with Crippen LogP contribution in [0.5, 0.6) is 0 Å². The zero-order valence-electron chi connectivity index (χ0n) is 15.5. The number of nitrogens with zero attached hydrogens (tertiary/aromatic N) is 2. The average molecular weight is 399 g/mol. The fourth-order valence-electron chi connectivity index (χ4n) is 3.29. The highest BCUT2D eigenvalue weighted by Gasteiger charge is 2.30. The number of carbonyl (C=O) groups excluding carboxylic acids is 2. The van der Waals surface area contributed by atoms with Gasteiger partial charge in [0.25, 0.3) is 11.6 Å². The zero-order chi connectivity index (χ0) is 20.1. The number of anilines is 1. The van der Waals surface area contributed by atoms with Gasteiger partial charge in [-0.15, -0.1) is 11.8 Å². The van der Waals surface area contributed by atoms with Crippen LogP contribution in [0.1, 0.15) is 23.2 Å². The van der Waals surface area contributed by atoms with Crippen molar-refractivity contribution in [3.63, 3.8) is 0 Å². The molecule has 1 N–H and O–H groups in total. The van der Waals surface area contributed by atoms with E-state index in [0.29, 0.717) is 30.8 Å². The first-order valence-corrected chi connectivity index (χ1v) is 10.2. The molecule has 146 valence electrons. The molecule has 2 amide bonds. The monoisotopic (exact) mass is 399 g/mol. The molecule has 1 saturated heterocycles. The van der Waals surface area contributed by atoms with Gasteiger partial charge in [0, 0.05) is 30.4 Å². The van der Waals surface area contributed by atoms with Gasteiger partial charge in [0.2, 0.25) is 5.91 Å². The van der Waals surface area contributed by atoms with E-state index in [4.69, 9.17) is 0 Å². The quantitative estimate of drug-likeness (QED) is 0.469. The topological polar surface area (TPSA) is 92.6 Å². The van der Waals surface area contributed by atoms with E-state index in [0.717, 1.165) is 5.69 Å². The smallest absolute Gasteiger partial charge is 0.283 e. The van der Waals surface area contributed by atoms with Gasteiger partial charge >= 0.3 is 0 Å². The Hall–Kier alpha value is -2.87. The number of nitro benzene ring substituents is 1. The van der Waals surface area contributed by atoms with Crippen LogP contribution in [0.3, 0.4) is 0 Å². The molecule has 1 fully saturated rings. The van der Waals surface area contributed by atoms with Crippen molar-refractivity contribution >= 4 is 35.0 Å². The number of nitro groups is 1. The molecule has 1 aliphatic heterocycles. The van der Waals surface area contributed by atoms with Gasteiger partial charge < -0.3 is 10.2 Å². The average Bonchev–Trinajstić information content (AvgIpc) is 2.73. The fraction of sp³-hybridized carbons (Fsp3) is 0.300. The van der Waals surface area contributed by atoms with Crippen LogP contribution in [-0.2, 0) is 4.79 Å². The van der Waals surface area contributed by atoms with Gasteiger partial charge in [-0.25, -0.2) is 0 Å². The van der Waals surface area contributed by atoms with E-state index in [9.17, 15) is 19.7 Å². The van der Waals surface area contributed by atoms with Crippen LogP contribution >= 0.6 is 11.8 Å². The number of thioether (sulfide) groups is 1. The lowest BCUT2D eigenvalue weighted by Crippen LogP contribution is -2.43. The SMILES string of the molecule is CSc1ccc(C(=O)N2CCC[C@@H](C(=O)Nc3ccccc3)C2)cc1[N+](=O)[O-]. The Balaban J connectivity index is 1.71. The number of piperidine rings is 1. The Morgan fingerprint density at radius 1 is 1.21 bits per heavy atom. The maximum Gasteiger partial charge on any atom is 0.283 e. The third kappa shape index (κ3) is 4.51. The van der Waals surface area contributed by atoms with Crippen molar-refractivity contribution in [2.75, 3.05) is 24.7 Å². The largest absolute Gasteiger partial charge is 0.338 e. The van der Waals surface area contributed by atoms with Crippen molar-refractivity contribution in [3.05, 3.63) is 64.2 Å². The first-order valence-electron chi connectivity index (χ1n) is 8.97. The molecule has 1 atom stereocenters. The first kappa shape index (κ1) is 19.9. The number of nitrogens with one attached hydrogen (secondary N) is 1. The highest BCUT2D eigenvalue weighted by Crippen LogP contribution is 2.29. The molecular weight excluding hydrogens is 378 g/mol. The summed E-state index contributed by atoms with van der Waals surface area (Å²) >= 11 is 1.27. The van der Waals surface area contributed by atoms with Crippen molar-refractivity contribution < 1.29 is 14.5 Å². The van der Waals surface area contributed by atoms with Crippen molar-refractivity contribution in [3.8, 4) is 0 Å². The molecule has 8 heteroatoms. The van der Waals surface area contributed by atoms with Crippen molar-refractivity contribution in [2.24, 2.45) is 5.92 Å². The highest BCUT2D eigenvalue weighted by atomic mass is 32.2. The molecule has 0 radical (unpaired) electrons. The third-order valence-corrected chi connectivity index (χ3v) is 5.53. The Labute approximate surface area is 167 Å². The summed E-state index contributed by atoms with van der Waals surface area (Å²) in [4.78, 5) is 38.3. The maximum atomic E-state index is 12.9. The summed E-state index contributed by atoms with van der Waals surface area (Å²) < 4.78 is 0. The van der Waals surface area contributed by atoms with Crippen LogP contribution in [0.4, 0.5) is 11.4 Å². The van der Waals surface area contributed by atoms with Gasteiger partial charge in [0.05, 0.1) is 15.7 Å². The van der Waals surface area contributed by atoms with Crippen LogP contribution in [-0.4, -0.2) is 41.0 Å². The molecule has 0 aromatic heterocycles. The van der Waals surface area contributed by atoms with E-state index in [-0.39, 0.29) is 29.0 Å². The summed E-state index contributed by atoms with van der Waals surface area (Å²) in [6.07, 6.45) is 3.17. The van der Waals surface area contributed by atoms with Crippen LogP contribution < -0.4 is 5.32 Å². The number of amides is 2. The molecule has 0 aliphatic carbocycles. The van der Waals surface area contributed by atoms with E-state index < -0.39 is 4.92 Å². The number of rotatable bonds is 5. The fourth-order valence-corrected chi connectivity index (χ4v) is 3.84. The maximum absolute atomic E-state index is 12.9. The number of hydrogen-bond donors (Lipinski definition) is 1. The van der Waals surface area contributed by atoms with Crippen LogP contribution in [0.25, 0.3) is 0 Å². The standard InChI is InChI=1S/C20H21N3O4S/c1-28-18-10-9-14(12-17(18)23(26)27)20(25)22-11-5-6-15(13-22)19(24)21-16-7-3-2-4-8-16/h2-4,7-10,12,15H,5-6,11,13H2,1H3,(H,21,24)/t15-/m1/s1. The molecule has 28 heavy (non-hydrogen) atoms. The van der Waals surface area contributed by atoms with E-state index in [1.54, 1.807) is 23.3 Å². The van der Waals surface area contributed by atoms with Crippen LogP contribution in [0, 0.1) is 16.0 Å². The molecule has 2 aromatic rings. The van der Waals surface area contributed by atoms with E-state index >= 15 is 0 Å². The molecule has 2 aromatic carbocycles. The number of carbonyl (C=O) groups is 2. The predicted octanol–water partition coefficient (Wildman–Crippen LogP) is 3.81. The van der Waals surface area contributed by atoms with Crippen LogP contribution in [0.15, 0.2) is 53.4 Å². The normalized spacial score (nSPS) is 16.5. The molecular formula is C20H21N3O4S. The Morgan fingerprint density at radius 3 is 2.64 bits per heavy atom. The first-order chi connectivity index (χ1) is 13.5. The molecule has 0 bridgehead atoms. The van der Waals surface area contributed by atoms with E-state index in [1.165, 1.54) is 17.8 Å². The second-order valence-electron chi connectivity index (χ2n) is 6.59. The minimum absolute atomic E-state index is 0.0752. The van der Waals surface area contributed by atoms with Crippen LogP contribution in [0.2, 0.25) is 0 Å². The minimum atomic E-state index is -0.477. The number of para-hydroxylation sites is 1. The molecule has 0 saturated carbocycles. The highest BCUT2D eigenvalue weighted by molar-refractivity contribution is 7.98. The second-order valence-corrected chi connectivity index (χ2v) is 7.44. The minimum Gasteiger partial charge on any atom is -0.338 e. The Morgan fingerprint density at radius 2 is 1.96 bits per heavy atom. The van der Waals surface area contributed by atoms with Gasteiger partial charge in [-0.2, -0.15) is 0 Å². The van der Waals surface area contributed by atoms with Gasteiger partial charge in [-0.3, -0.25) is 19.7 Å². The number of hydrogen-bond acceptors (Lipinski definition) is 5. The van der Waals surface area contributed by atoms with Gasteiger partial charge in [-0.05, 0) is 43.4 Å². The Bertz CT molecular complexity index is 888. The number of likely N-dealkylation sites (tertiary alicyclic amines) is 1. The van der Waals surface area contributed by atoms with Crippen molar-refractivity contribution in [2.45, 2.75) is 17.7 Å². The lowest BCUT2D eigenvalue weighted by Gasteiger charge is -2.32. The lowest BCUT2D eigenvalue weighted by molar-refractivity contribution is -0.387. The summed E-state index contributed by atoms with van der Waals surface area (Å²) in [7, 11) is 0. The lowest BCUT2D eigenvalue weighted by atomic mass is 9.96. The van der Waals surface area contributed by atoms with E-state index in [1.807, 2.05) is 30.3 Å². The summed E-state index contributed by atoms with van der Waals surface area (Å²) in [6.45, 7) is 0.835. The van der Waals surface area contributed by atoms with Gasteiger partial charge in [0.1, 0.15) is 0 Å². The van der Waals surface area contributed by atoms with Crippen molar-refractivity contribution in [1.82, 2.24) is 4.90 Å². The molecule has 0 unspecified atom stereocenters. The molecule has 3 rings (SSSR count). The van der Waals surface area contributed by atoms with Gasteiger partial charge in [-0.1, -0.05) is 18.2 Å². The summed E-state index contributed by atoms with van der Waals surface area (Å²) in [6, 6.07) is 13.7. The molecule has 1 heterocycles. The second kappa shape index (κ2) is 8.88. The molecule has 1 aliphatic rings. The third-order valence-electron chi connectivity index (χ3n) is 4.74. The summed E-state index contributed by atoms with van der Waals surface area (Å²) in [5.41, 5.74) is 0.918. The van der Waals surface area contributed by atoms with Crippen molar-refractivity contribution in [1.29, 1.82) is 0 Å². The molecule has 7 nitrogen and oxygen atoms in total. The predicted molar refractivity (Wildman–Crippen MR) is 109 cm³/mol. The Kier molecular flexibility index (Phi) is 6.30.